The van der Waals surface area contributed by atoms with Crippen LogP contribution in [0.2, 0.25) is 0 Å². The fourth-order valence-corrected chi connectivity index (χ4v) is 6.23. The van der Waals surface area contributed by atoms with Crippen molar-refractivity contribution in [3.63, 3.8) is 0 Å². The molecule has 2 amide bonds. The zero-order valence-electron chi connectivity index (χ0n) is 25.6. The van der Waals surface area contributed by atoms with Crippen molar-refractivity contribution in [2.75, 3.05) is 24.5 Å². The maximum atomic E-state index is 14.4. The second-order valence-electron chi connectivity index (χ2n) is 11.0. The lowest BCUT2D eigenvalue weighted by atomic mass is 10.0. The highest BCUT2D eigenvalue weighted by molar-refractivity contribution is 7.92. The second kappa shape index (κ2) is 15.3. The summed E-state index contributed by atoms with van der Waals surface area (Å²) in [6.45, 7) is 3.72. The molecule has 0 unspecified atom stereocenters. The van der Waals surface area contributed by atoms with Gasteiger partial charge in [-0.25, -0.2) is 12.8 Å². The van der Waals surface area contributed by atoms with Gasteiger partial charge < -0.3 is 15.0 Å². The van der Waals surface area contributed by atoms with Gasteiger partial charge in [0.05, 0.1) is 17.7 Å². The monoisotopic (exact) mass is 631 g/mol. The normalized spacial score (nSPS) is 11.9. The van der Waals surface area contributed by atoms with E-state index in [0.717, 1.165) is 22.0 Å². The molecule has 4 rings (SSSR count). The molecule has 0 saturated carbocycles. The number of benzene rings is 4. The van der Waals surface area contributed by atoms with Crippen molar-refractivity contribution in [2.24, 2.45) is 5.92 Å². The molecule has 0 heterocycles. The number of methoxy groups -OCH3 is 1. The van der Waals surface area contributed by atoms with Gasteiger partial charge in [-0.3, -0.25) is 13.9 Å². The Bertz CT molecular complexity index is 1670. The fraction of sp³-hybridized carbons (Fsp3) is 0.257. The first-order valence-electron chi connectivity index (χ1n) is 14.7. The molecule has 0 saturated heterocycles. The van der Waals surface area contributed by atoms with Crippen LogP contribution >= 0.6 is 0 Å². The summed E-state index contributed by atoms with van der Waals surface area (Å²) >= 11 is 0. The van der Waals surface area contributed by atoms with Crippen LogP contribution in [0.25, 0.3) is 0 Å². The minimum Gasteiger partial charge on any atom is -0.497 e. The molecule has 10 heteroatoms. The zero-order valence-corrected chi connectivity index (χ0v) is 26.4. The first-order chi connectivity index (χ1) is 21.6. The quantitative estimate of drug-likeness (QED) is 0.200. The van der Waals surface area contributed by atoms with E-state index in [1.54, 1.807) is 36.4 Å². The Morgan fingerprint density at radius 2 is 1.47 bits per heavy atom. The molecule has 4 aromatic carbocycles. The first kappa shape index (κ1) is 33.2. The highest BCUT2D eigenvalue weighted by atomic mass is 32.2. The molecule has 0 radical (unpaired) electrons. The van der Waals surface area contributed by atoms with Crippen molar-refractivity contribution in [3.05, 3.63) is 126 Å². The van der Waals surface area contributed by atoms with Crippen molar-refractivity contribution in [2.45, 2.75) is 37.8 Å². The van der Waals surface area contributed by atoms with E-state index in [0.29, 0.717) is 17.9 Å². The number of halogens is 1. The lowest BCUT2D eigenvalue weighted by Crippen LogP contribution is -2.53. The number of carbonyl (C=O) groups excluding carboxylic acids is 2. The summed E-state index contributed by atoms with van der Waals surface area (Å²) in [7, 11) is -2.73. The van der Waals surface area contributed by atoms with Gasteiger partial charge in [-0.1, -0.05) is 74.5 Å². The van der Waals surface area contributed by atoms with Crippen molar-refractivity contribution in [3.8, 4) is 5.75 Å². The molecule has 0 aliphatic rings. The number of anilines is 1. The maximum Gasteiger partial charge on any atom is 0.264 e. The van der Waals surface area contributed by atoms with E-state index in [1.807, 2.05) is 50.2 Å². The largest absolute Gasteiger partial charge is 0.497 e. The molecule has 45 heavy (non-hydrogen) atoms. The number of hydrogen-bond donors (Lipinski definition) is 1. The second-order valence-corrected chi connectivity index (χ2v) is 12.9. The minimum absolute atomic E-state index is 0.00523. The Labute approximate surface area is 264 Å². The van der Waals surface area contributed by atoms with Crippen molar-refractivity contribution >= 4 is 27.5 Å². The van der Waals surface area contributed by atoms with E-state index >= 15 is 0 Å². The molecule has 1 atom stereocenters. The van der Waals surface area contributed by atoms with Crippen molar-refractivity contribution in [1.82, 2.24) is 10.2 Å². The van der Waals surface area contributed by atoms with Crippen LogP contribution in [-0.4, -0.2) is 51.4 Å². The standard InChI is InChI=1S/C35H38FN3O5S/c1-26(2)23-37-35(41)33(22-27-11-6-4-7-12-27)38(24-28-13-10-14-31(21-28)44-3)34(40)25-39(30-19-17-29(36)18-20-30)45(42,43)32-15-8-5-9-16-32/h4-21,26,33H,22-25H2,1-3H3,(H,37,41)/t33-/m1/s1. The third kappa shape index (κ3) is 8.92. The van der Waals surface area contributed by atoms with Crippen molar-refractivity contribution < 1.29 is 27.1 Å². The summed E-state index contributed by atoms with van der Waals surface area (Å²) in [5, 5.41) is 2.96. The Hall–Kier alpha value is -4.70. The van der Waals surface area contributed by atoms with E-state index in [9.17, 15) is 22.4 Å². The lowest BCUT2D eigenvalue weighted by Gasteiger charge is -2.34. The van der Waals surface area contributed by atoms with E-state index in [1.165, 1.54) is 36.3 Å². The summed E-state index contributed by atoms with van der Waals surface area (Å²) in [4.78, 5) is 29.6. The minimum atomic E-state index is -4.26. The fourth-order valence-electron chi connectivity index (χ4n) is 4.80. The first-order valence-corrected chi connectivity index (χ1v) is 16.1. The third-order valence-corrected chi connectivity index (χ3v) is 8.96. The van der Waals surface area contributed by atoms with Gasteiger partial charge >= 0.3 is 0 Å². The average Bonchev–Trinajstić information content (AvgIpc) is 3.05. The molecule has 4 aromatic rings. The summed E-state index contributed by atoms with van der Waals surface area (Å²) in [5.41, 5.74) is 1.63. The predicted molar refractivity (Wildman–Crippen MR) is 173 cm³/mol. The highest BCUT2D eigenvalue weighted by Crippen LogP contribution is 2.26. The van der Waals surface area contributed by atoms with Crippen LogP contribution in [0.5, 0.6) is 5.75 Å². The van der Waals surface area contributed by atoms with Crippen molar-refractivity contribution in [1.29, 1.82) is 0 Å². The molecule has 8 nitrogen and oxygen atoms in total. The van der Waals surface area contributed by atoms with Crippen LogP contribution in [0.3, 0.4) is 0 Å². The Balaban J connectivity index is 1.80. The smallest absolute Gasteiger partial charge is 0.264 e. The van der Waals surface area contributed by atoms with Crippen LogP contribution in [-0.2, 0) is 32.6 Å². The molecule has 0 aliphatic heterocycles. The molecular weight excluding hydrogens is 593 g/mol. The zero-order chi connectivity index (χ0) is 32.4. The number of hydrogen-bond acceptors (Lipinski definition) is 5. The molecule has 0 spiro atoms. The van der Waals surface area contributed by atoms with Crippen LogP contribution in [0.15, 0.2) is 114 Å². The van der Waals surface area contributed by atoms with Gasteiger partial charge in [-0.2, -0.15) is 0 Å². The molecule has 0 fully saturated rings. The number of carbonyl (C=O) groups is 2. The average molecular weight is 632 g/mol. The van der Waals surface area contributed by atoms with E-state index in [-0.39, 0.29) is 35.4 Å². The molecule has 0 bridgehead atoms. The number of ether oxygens (including phenoxy) is 1. The summed E-state index contributed by atoms with van der Waals surface area (Å²) in [5.74, 6) is -0.779. The summed E-state index contributed by atoms with van der Waals surface area (Å²) in [6.07, 6.45) is 0.197. The van der Waals surface area contributed by atoms with Gasteiger partial charge in [0.15, 0.2) is 0 Å². The topological polar surface area (TPSA) is 96.0 Å². The Morgan fingerprint density at radius 1 is 0.844 bits per heavy atom. The van der Waals surface area contributed by atoms with Gasteiger partial charge in [-0.05, 0) is 65.6 Å². The van der Waals surface area contributed by atoms with E-state index in [4.69, 9.17) is 4.74 Å². The molecule has 0 aliphatic carbocycles. The van der Waals surface area contributed by atoms with Crippen LogP contribution < -0.4 is 14.4 Å². The number of nitrogens with one attached hydrogen (secondary N) is 1. The number of amides is 2. The number of sulfonamides is 1. The van der Waals surface area contributed by atoms with Gasteiger partial charge in [-0.15, -0.1) is 0 Å². The van der Waals surface area contributed by atoms with Gasteiger partial charge in [0.25, 0.3) is 10.0 Å². The molecule has 236 valence electrons. The Kier molecular flexibility index (Phi) is 11.3. The maximum absolute atomic E-state index is 14.4. The SMILES string of the molecule is COc1cccc(CN(C(=O)CN(c2ccc(F)cc2)S(=O)(=O)c2ccccc2)[C@H](Cc2ccccc2)C(=O)NCC(C)C)c1. The predicted octanol–water partition coefficient (Wildman–Crippen LogP) is 5.44. The van der Waals surface area contributed by atoms with E-state index < -0.39 is 34.3 Å². The van der Waals surface area contributed by atoms with Gasteiger partial charge in [0, 0.05) is 19.5 Å². The third-order valence-electron chi connectivity index (χ3n) is 7.17. The van der Waals surface area contributed by atoms with Gasteiger partial charge in [0.2, 0.25) is 11.8 Å². The Morgan fingerprint density at radius 3 is 2.09 bits per heavy atom. The highest BCUT2D eigenvalue weighted by Gasteiger charge is 2.34. The summed E-state index contributed by atoms with van der Waals surface area (Å²) in [6, 6.07) is 28.1. The van der Waals surface area contributed by atoms with Gasteiger partial charge in [0.1, 0.15) is 24.2 Å². The summed E-state index contributed by atoms with van der Waals surface area (Å²) < 4.78 is 48.2. The number of rotatable bonds is 14. The van der Waals surface area contributed by atoms with Crippen LogP contribution in [0.1, 0.15) is 25.0 Å². The molecule has 1 N–H and O–H groups in total. The molecule has 0 aromatic heterocycles. The van der Waals surface area contributed by atoms with Crippen LogP contribution in [0.4, 0.5) is 10.1 Å². The molecular formula is C35H38FN3O5S. The van der Waals surface area contributed by atoms with E-state index in [2.05, 4.69) is 5.32 Å². The lowest BCUT2D eigenvalue weighted by molar-refractivity contribution is -0.140. The van der Waals surface area contributed by atoms with Crippen LogP contribution in [0, 0.1) is 11.7 Å². The number of nitrogens with zero attached hydrogens (tertiary/aromatic N) is 2.